The molecule has 3 amide bonds. The zero-order chi connectivity index (χ0) is 18.3. The Morgan fingerprint density at radius 1 is 1.12 bits per heavy atom. The maximum absolute atomic E-state index is 12.7. The standard InChI is InChI=1S/C19H22N2O5/c1-25-15-3-2-4-16(15)26-12-5-6-13-11(9-12)10-21(19(13)24)14-7-8-17(22)20-18(14)23/h5-6,9,14-16H,2-4,7-8,10H2,1H3,(H,20,22,23). The predicted octanol–water partition coefficient (Wildman–Crippen LogP) is 1.39. The van der Waals surface area contributed by atoms with Crippen LogP contribution in [-0.4, -0.2) is 48.0 Å². The van der Waals surface area contributed by atoms with E-state index in [4.69, 9.17) is 9.47 Å². The molecular weight excluding hydrogens is 336 g/mol. The summed E-state index contributed by atoms with van der Waals surface area (Å²) >= 11 is 0. The predicted molar refractivity (Wildman–Crippen MR) is 91.6 cm³/mol. The zero-order valence-corrected chi connectivity index (χ0v) is 14.7. The minimum Gasteiger partial charge on any atom is -0.488 e. The van der Waals surface area contributed by atoms with E-state index in [-0.39, 0.29) is 30.4 Å². The number of fused-ring (bicyclic) bond motifs is 1. The molecule has 3 aliphatic rings. The molecule has 26 heavy (non-hydrogen) atoms. The summed E-state index contributed by atoms with van der Waals surface area (Å²) in [5.74, 6) is -0.129. The summed E-state index contributed by atoms with van der Waals surface area (Å²) < 4.78 is 11.5. The molecule has 0 aromatic heterocycles. The van der Waals surface area contributed by atoms with Crippen molar-refractivity contribution in [2.75, 3.05) is 7.11 Å². The minimum absolute atomic E-state index is 0.0291. The molecule has 1 aromatic carbocycles. The van der Waals surface area contributed by atoms with Gasteiger partial charge >= 0.3 is 0 Å². The molecule has 0 spiro atoms. The quantitative estimate of drug-likeness (QED) is 0.823. The second-order valence-electron chi connectivity index (χ2n) is 7.08. The Kier molecular flexibility index (Phi) is 4.40. The van der Waals surface area contributed by atoms with Gasteiger partial charge in [0.2, 0.25) is 11.8 Å². The van der Waals surface area contributed by atoms with Crippen LogP contribution < -0.4 is 10.1 Å². The number of methoxy groups -OCH3 is 1. The highest BCUT2D eigenvalue weighted by Gasteiger charge is 2.39. The van der Waals surface area contributed by atoms with Crippen molar-refractivity contribution in [1.29, 1.82) is 0 Å². The lowest BCUT2D eigenvalue weighted by Gasteiger charge is -2.29. The van der Waals surface area contributed by atoms with E-state index < -0.39 is 11.9 Å². The molecule has 1 saturated heterocycles. The van der Waals surface area contributed by atoms with Crippen molar-refractivity contribution in [2.24, 2.45) is 0 Å². The number of hydrogen-bond acceptors (Lipinski definition) is 5. The number of ether oxygens (including phenoxy) is 2. The van der Waals surface area contributed by atoms with Crippen LogP contribution in [0, 0.1) is 0 Å². The first-order chi connectivity index (χ1) is 12.6. The van der Waals surface area contributed by atoms with Gasteiger partial charge in [-0.2, -0.15) is 0 Å². The number of carbonyl (C=O) groups excluding carboxylic acids is 3. The topological polar surface area (TPSA) is 84.9 Å². The Hall–Kier alpha value is -2.41. The van der Waals surface area contributed by atoms with Crippen LogP contribution in [0.3, 0.4) is 0 Å². The van der Waals surface area contributed by atoms with Crippen LogP contribution in [0.2, 0.25) is 0 Å². The third kappa shape index (κ3) is 2.96. The van der Waals surface area contributed by atoms with Crippen molar-refractivity contribution >= 4 is 17.7 Å². The first-order valence-electron chi connectivity index (χ1n) is 9.04. The van der Waals surface area contributed by atoms with Crippen LogP contribution in [0.4, 0.5) is 0 Å². The molecule has 1 aromatic rings. The summed E-state index contributed by atoms with van der Waals surface area (Å²) in [6, 6.07) is 4.85. The van der Waals surface area contributed by atoms with Crippen molar-refractivity contribution in [3.8, 4) is 5.75 Å². The van der Waals surface area contributed by atoms with Gasteiger partial charge in [0, 0.05) is 25.6 Å². The number of piperidine rings is 1. The molecule has 0 radical (unpaired) electrons. The number of hydrogen-bond donors (Lipinski definition) is 1. The van der Waals surface area contributed by atoms with Crippen molar-refractivity contribution in [2.45, 2.75) is 56.9 Å². The van der Waals surface area contributed by atoms with Crippen LogP contribution in [-0.2, 0) is 20.9 Å². The largest absolute Gasteiger partial charge is 0.488 e. The van der Waals surface area contributed by atoms with Gasteiger partial charge < -0.3 is 14.4 Å². The molecule has 2 fully saturated rings. The highest BCUT2D eigenvalue weighted by Crippen LogP contribution is 2.32. The van der Waals surface area contributed by atoms with Gasteiger partial charge in [-0.1, -0.05) is 0 Å². The number of nitrogens with one attached hydrogen (secondary N) is 1. The SMILES string of the molecule is COC1CCCC1Oc1ccc2c(c1)CN(C1CCC(=O)NC1=O)C2=O. The smallest absolute Gasteiger partial charge is 0.255 e. The number of imide groups is 1. The van der Waals surface area contributed by atoms with E-state index in [2.05, 4.69) is 5.32 Å². The Balaban J connectivity index is 1.50. The summed E-state index contributed by atoms with van der Waals surface area (Å²) in [5, 5.41) is 2.31. The highest BCUT2D eigenvalue weighted by atomic mass is 16.5. The number of amides is 3. The number of benzene rings is 1. The monoisotopic (exact) mass is 358 g/mol. The molecule has 4 rings (SSSR count). The summed E-state index contributed by atoms with van der Waals surface area (Å²) in [6.07, 6.45) is 3.78. The summed E-state index contributed by atoms with van der Waals surface area (Å²) in [5.41, 5.74) is 1.45. The molecule has 1 aliphatic carbocycles. The molecule has 3 unspecified atom stereocenters. The molecule has 138 valence electrons. The summed E-state index contributed by atoms with van der Waals surface area (Å²) in [4.78, 5) is 37.6. The zero-order valence-electron chi connectivity index (χ0n) is 14.7. The van der Waals surface area contributed by atoms with E-state index >= 15 is 0 Å². The van der Waals surface area contributed by atoms with Gasteiger partial charge in [-0.05, 0) is 49.4 Å². The average molecular weight is 358 g/mol. The first-order valence-corrected chi connectivity index (χ1v) is 9.04. The number of rotatable bonds is 4. The molecule has 7 nitrogen and oxygen atoms in total. The third-order valence-corrected chi connectivity index (χ3v) is 5.48. The highest BCUT2D eigenvalue weighted by molar-refractivity contribution is 6.05. The van der Waals surface area contributed by atoms with E-state index in [0.717, 1.165) is 30.6 Å². The van der Waals surface area contributed by atoms with Crippen molar-refractivity contribution < 1.29 is 23.9 Å². The number of nitrogens with zero attached hydrogens (tertiary/aromatic N) is 1. The van der Waals surface area contributed by atoms with Gasteiger partial charge in [-0.25, -0.2) is 0 Å². The van der Waals surface area contributed by atoms with E-state index in [1.807, 2.05) is 6.07 Å². The molecule has 1 saturated carbocycles. The van der Waals surface area contributed by atoms with Crippen molar-refractivity contribution in [3.05, 3.63) is 29.3 Å². The van der Waals surface area contributed by atoms with E-state index in [0.29, 0.717) is 18.5 Å². The maximum atomic E-state index is 12.7. The maximum Gasteiger partial charge on any atom is 0.255 e. The van der Waals surface area contributed by atoms with Crippen LogP contribution in [0.25, 0.3) is 0 Å². The second-order valence-corrected chi connectivity index (χ2v) is 7.08. The minimum atomic E-state index is -0.593. The van der Waals surface area contributed by atoms with Crippen LogP contribution in [0.5, 0.6) is 5.75 Å². The normalized spacial score (nSPS) is 28.3. The molecule has 3 atom stereocenters. The Labute approximate surface area is 151 Å². The number of carbonyl (C=O) groups is 3. The molecule has 7 heteroatoms. The summed E-state index contributed by atoms with van der Waals surface area (Å²) in [6.45, 7) is 0.357. The Morgan fingerprint density at radius 2 is 1.92 bits per heavy atom. The van der Waals surface area contributed by atoms with Gasteiger partial charge in [0.25, 0.3) is 5.91 Å². The van der Waals surface area contributed by atoms with Gasteiger partial charge in [0.1, 0.15) is 17.9 Å². The third-order valence-electron chi connectivity index (χ3n) is 5.48. The lowest BCUT2D eigenvalue weighted by Crippen LogP contribution is -2.52. The van der Waals surface area contributed by atoms with Gasteiger partial charge in [0.15, 0.2) is 0 Å². The van der Waals surface area contributed by atoms with Crippen molar-refractivity contribution in [1.82, 2.24) is 10.2 Å². The fourth-order valence-corrected chi connectivity index (χ4v) is 4.10. The lowest BCUT2D eigenvalue weighted by molar-refractivity contribution is -0.136. The van der Waals surface area contributed by atoms with E-state index in [1.165, 1.54) is 0 Å². The average Bonchev–Trinajstić information content (AvgIpc) is 3.19. The molecule has 2 aliphatic heterocycles. The van der Waals surface area contributed by atoms with E-state index in [1.54, 1.807) is 24.1 Å². The Bertz CT molecular complexity index is 762. The van der Waals surface area contributed by atoms with Crippen LogP contribution >= 0.6 is 0 Å². The fraction of sp³-hybridized carbons (Fsp3) is 0.526. The van der Waals surface area contributed by atoms with Gasteiger partial charge in [0.05, 0.1) is 6.10 Å². The second kappa shape index (κ2) is 6.72. The molecule has 1 N–H and O–H groups in total. The van der Waals surface area contributed by atoms with Crippen LogP contribution in [0.15, 0.2) is 18.2 Å². The molecular formula is C19H22N2O5. The van der Waals surface area contributed by atoms with E-state index in [9.17, 15) is 14.4 Å². The van der Waals surface area contributed by atoms with Gasteiger partial charge in [-0.3, -0.25) is 19.7 Å². The van der Waals surface area contributed by atoms with Crippen LogP contribution in [0.1, 0.15) is 48.0 Å². The van der Waals surface area contributed by atoms with Crippen molar-refractivity contribution in [3.63, 3.8) is 0 Å². The Morgan fingerprint density at radius 3 is 2.69 bits per heavy atom. The fourth-order valence-electron chi connectivity index (χ4n) is 4.10. The lowest BCUT2D eigenvalue weighted by atomic mass is 10.0. The first kappa shape index (κ1) is 17.0. The van der Waals surface area contributed by atoms with Gasteiger partial charge in [-0.15, -0.1) is 0 Å². The molecule has 0 bridgehead atoms. The summed E-state index contributed by atoms with van der Waals surface area (Å²) in [7, 11) is 1.70. The molecule has 2 heterocycles.